The third kappa shape index (κ3) is 3.25. The summed E-state index contributed by atoms with van der Waals surface area (Å²) in [7, 11) is 0. The molecule has 0 saturated carbocycles. The van der Waals surface area contributed by atoms with Crippen molar-refractivity contribution in [1.29, 1.82) is 0 Å². The van der Waals surface area contributed by atoms with Crippen molar-refractivity contribution in [2.75, 3.05) is 12.5 Å². The summed E-state index contributed by atoms with van der Waals surface area (Å²) < 4.78 is 13.0. The maximum Gasteiger partial charge on any atom is 0.231 e. The first-order valence-electron chi connectivity index (χ1n) is 7.96. The first kappa shape index (κ1) is 15.8. The zero-order chi connectivity index (χ0) is 17.1. The van der Waals surface area contributed by atoms with Crippen molar-refractivity contribution < 1.29 is 9.47 Å². The number of hydrogen-bond acceptors (Lipinski definition) is 5. The van der Waals surface area contributed by atoms with E-state index < -0.39 is 0 Å². The van der Waals surface area contributed by atoms with Gasteiger partial charge >= 0.3 is 0 Å². The van der Waals surface area contributed by atoms with E-state index in [2.05, 4.69) is 21.3 Å². The van der Waals surface area contributed by atoms with Crippen LogP contribution in [0.5, 0.6) is 11.5 Å². The van der Waals surface area contributed by atoms with Crippen molar-refractivity contribution in [3.63, 3.8) is 0 Å². The van der Waals surface area contributed by atoms with Gasteiger partial charge in [-0.15, -0.1) is 16.8 Å². The Kier molecular flexibility index (Phi) is 4.43. The minimum Gasteiger partial charge on any atom is -0.454 e. The summed E-state index contributed by atoms with van der Waals surface area (Å²) in [6.07, 6.45) is 1.87. The number of ether oxygens (including phenoxy) is 2. The van der Waals surface area contributed by atoms with Crippen LogP contribution in [0.15, 0.2) is 66.3 Å². The van der Waals surface area contributed by atoms with Gasteiger partial charge in [0.05, 0.1) is 6.54 Å². The molecule has 6 heteroatoms. The number of aromatic nitrogens is 3. The van der Waals surface area contributed by atoms with Crippen LogP contribution in [0.4, 0.5) is 0 Å². The standard InChI is InChI=1S/C19H17N3O2S/c1-2-10-25-19-21-20-18(15-6-4-3-5-7-15)22(19)12-14-8-9-16-17(11-14)24-13-23-16/h2-9,11H,1,10,12-13H2. The summed E-state index contributed by atoms with van der Waals surface area (Å²) in [6.45, 7) is 4.72. The van der Waals surface area contributed by atoms with Crippen molar-refractivity contribution in [3.8, 4) is 22.9 Å². The molecule has 25 heavy (non-hydrogen) atoms. The first-order chi connectivity index (χ1) is 12.3. The van der Waals surface area contributed by atoms with E-state index in [1.54, 1.807) is 11.8 Å². The number of thioether (sulfide) groups is 1. The molecule has 1 aliphatic heterocycles. The van der Waals surface area contributed by atoms with Crippen molar-refractivity contribution in [3.05, 3.63) is 66.7 Å². The molecule has 2 aromatic carbocycles. The van der Waals surface area contributed by atoms with Crippen LogP contribution in [0.25, 0.3) is 11.4 Å². The van der Waals surface area contributed by atoms with Gasteiger partial charge in [0.1, 0.15) is 0 Å². The van der Waals surface area contributed by atoms with Gasteiger partial charge in [-0.2, -0.15) is 0 Å². The highest BCUT2D eigenvalue weighted by Crippen LogP contribution is 2.33. The van der Waals surface area contributed by atoms with Crippen LogP contribution in [0.3, 0.4) is 0 Å². The summed E-state index contributed by atoms with van der Waals surface area (Å²) in [5, 5.41) is 9.65. The molecule has 0 spiro atoms. The number of fused-ring (bicyclic) bond motifs is 1. The van der Waals surface area contributed by atoms with Crippen LogP contribution in [-0.4, -0.2) is 27.3 Å². The second kappa shape index (κ2) is 7.03. The molecule has 4 rings (SSSR count). The predicted molar refractivity (Wildman–Crippen MR) is 98.0 cm³/mol. The Morgan fingerprint density at radius 2 is 1.92 bits per heavy atom. The quantitative estimate of drug-likeness (QED) is 0.496. The molecule has 0 aliphatic carbocycles. The largest absolute Gasteiger partial charge is 0.454 e. The summed E-state index contributed by atoms with van der Waals surface area (Å²) in [6, 6.07) is 16.1. The topological polar surface area (TPSA) is 49.2 Å². The third-order valence-electron chi connectivity index (χ3n) is 3.86. The fourth-order valence-corrected chi connectivity index (χ4v) is 3.37. The molecular weight excluding hydrogens is 334 g/mol. The predicted octanol–water partition coefficient (Wildman–Crippen LogP) is 4.00. The van der Waals surface area contributed by atoms with Crippen LogP contribution < -0.4 is 9.47 Å². The minimum absolute atomic E-state index is 0.279. The molecule has 5 nitrogen and oxygen atoms in total. The summed E-state index contributed by atoms with van der Waals surface area (Å²) in [4.78, 5) is 0. The van der Waals surface area contributed by atoms with Gasteiger partial charge in [-0.1, -0.05) is 54.2 Å². The van der Waals surface area contributed by atoms with E-state index in [1.165, 1.54) is 0 Å². The summed E-state index contributed by atoms with van der Waals surface area (Å²) >= 11 is 1.62. The Morgan fingerprint density at radius 1 is 1.08 bits per heavy atom. The van der Waals surface area contributed by atoms with Gasteiger partial charge in [0.15, 0.2) is 22.5 Å². The molecule has 0 atom stereocenters. The Hall–Kier alpha value is -2.73. The van der Waals surface area contributed by atoms with Crippen LogP contribution >= 0.6 is 11.8 Å². The normalized spacial score (nSPS) is 12.3. The van der Waals surface area contributed by atoms with Gasteiger partial charge in [0, 0.05) is 11.3 Å². The number of benzene rings is 2. The SMILES string of the molecule is C=CCSc1nnc(-c2ccccc2)n1Cc1ccc2c(c1)OCO2. The number of hydrogen-bond donors (Lipinski definition) is 0. The Balaban J connectivity index is 1.71. The Bertz CT molecular complexity index is 893. The van der Waals surface area contributed by atoms with Gasteiger partial charge in [0.2, 0.25) is 6.79 Å². The highest BCUT2D eigenvalue weighted by atomic mass is 32.2. The van der Waals surface area contributed by atoms with E-state index in [-0.39, 0.29) is 6.79 Å². The lowest BCUT2D eigenvalue weighted by Crippen LogP contribution is -2.04. The molecule has 0 saturated heterocycles. The van der Waals surface area contributed by atoms with E-state index >= 15 is 0 Å². The molecule has 0 N–H and O–H groups in total. The fraction of sp³-hybridized carbons (Fsp3) is 0.158. The number of rotatable bonds is 6. The van der Waals surface area contributed by atoms with Crippen LogP contribution in [0, 0.1) is 0 Å². The highest BCUT2D eigenvalue weighted by molar-refractivity contribution is 7.99. The third-order valence-corrected chi connectivity index (χ3v) is 4.82. The zero-order valence-electron chi connectivity index (χ0n) is 13.6. The molecule has 2 heterocycles. The summed E-state index contributed by atoms with van der Waals surface area (Å²) in [5.74, 6) is 3.21. The second-order valence-corrected chi connectivity index (χ2v) is 6.53. The first-order valence-corrected chi connectivity index (χ1v) is 8.94. The van der Waals surface area contributed by atoms with E-state index in [9.17, 15) is 0 Å². The average molecular weight is 351 g/mol. The van der Waals surface area contributed by atoms with Crippen molar-refractivity contribution in [1.82, 2.24) is 14.8 Å². The smallest absolute Gasteiger partial charge is 0.231 e. The van der Waals surface area contributed by atoms with Gasteiger partial charge in [-0.3, -0.25) is 4.57 Å². The maximum atomic E-state index is 5.49. The average Bonchev–Trinajstić information content (AvgIpc) is 3.27. The lowest BCUT2D eigenvalue weighted by Gasteiger charge is -2.10. The molecule has 0 fully saturated rings. The van der Waals surface area contributed by atoms with Crippen LogP contribution in [0.2, 0.25) is 0 Å². The molecule has 0 unspecified atom stereocenters. The van der Waals surface area contributed by atoms with Crippen molar-refractivity contribution in [2.24, 2.45) is 0 Å². The van der Waals surface area contributed by atoms with Crippen molar-refractivity contribution in [2.45, 2.75) is 11.7 Å². The van der Waals surface area contributed by atoms with Gasteiger partial charge in [-0.05, 0) is 17.7 Å². The van der Waals surface area contributed by atoms with Crippen LogP contribution in [-0.2, 0) is 6.54 Å². The monoisotopic (exact) mass is 351 g/mol. The van der Waals surface area contributed by atoms with E-state index in [4.69, 9.17) is 9.47 Å². The van der Waals surface area contributed by atoms with E-state index in [0.717, 1.165) is 39.4 Å². The van der Waals surface area contributed by atoms with Crippen molar-refractivity contribution >= 4 is 11.8 Å². The van der Waals surface area contributed by atoms with Gasteiger partial charge < -0.3 is 9.47 Å². The molecule has 0 amide bonds. The molecule has 3 aromatic rings. The fourth-order valence-electron chi connectivity index (χ4n) is 2.69. The van der Waals surface area contributed by atoms with E-state index in [0.29, 0.717) is 6.54 Å². The van der Waals surface area contributed by atoms with Crippen LogP contribution in [0.1, 0.15) is 5.56 Å². The minimum atomic E-state index is 0.279. The molecule has 1 aromatic heterocycles. The van der Waals surface area contributed by atoms with E-state index in [1.807, 2.05) is 54.6 Å². The molecular formula is C19H17N3O2S. The van der Waals surface area contributed by atoms with Gasteiger partial charge in [-0.25, -0.2) is 0 Å². The Morgan fingerprint density at radius 3 is 2.76 bits per heavy atom. The number of nitrogens with zero attached hydrogens (tertiary/aromatic N) is 3. The highest BCUT2D eigenvalue weighted by Gasteiger charge is 2.17. The lowest BCUT2D eigenvalue weighted by atomic mass is 10.2. The summed E-state index contributed by atoms with van der Waals surface area (Å²) in [5.41, 5.74) is 2.16. The molecule has 0 radical (unpaired) electrons. The molecule has 126 valence electrons. The zero-order valence-corrected chi connectivity index (χ0v) is 14.4. The maximum absolute atomic E-state index is 5.49. The molecule has 1 aliphatic rings. The Labute approximate surface area is 150 Å². The second-order valence-electron chi connectivity index (χ2n) is 5.55. The molecule has 0 bridgehead atoms. The van der Waals surface area contributed by atoms with Gasteiger partial charge in [0.25, 0.3) is 0 Å². The lowest BCUT2D eigenvalue weighted by molar-refractivity contribution is 0.174.